The Morgan fingerprint density at radius 1 is 1.37 bits per heavy atom. The van der Waals surface area contributed by atoms with Crippen LogP contribution in [0, 0.1) is 11.8 Å². The first-order valence-electron chi connectivity index (χ1n) is 6.68. The third kappa shape index (κ3) is 5.98. The molecule has 0 radical (unpaired) electrons. The molecule has 1 rings (SSSR count). The molecule has 0 bridgehead atoms. The van der Waals surface area contributed by atoms with Crippen LogP contribution in [0.2, 0.25) is 0 Å². The second kappa shape index (κ2) is 7.40. The van der Waals surface area contributed by atoms with Crippen molar-refractivity contribution < 1.29 is 23.5 Å². The van der Waals surface area contributed by atoms with Crippen molar-refractivity contribution in [2.24, 2.45) is 11.8 Å². The average Bonchev–Trinajstić information content (AvgIpc) is 2.27. The summed E-state index contributed by atoms with van der Waals surface area (Å²) in [5.41, 5.74) is 0. The van der Waals surface area contributed by atoms with Crippen molar-refractivity contribution in [3.05, 3.63) is 0 Å². The van der Waals surface area contributed by atoms with E-state index in [0.717, 1.165) is 25.7 Å². The number of rotatable bonds is 6. The van der Waals surface area contributed by atoms with E-state index < -0.39 is 30.8 Å². The molecule has 0 spiro atoms. The van der Waals surface area contributed by atoms with Crippen LogP contribution in [0.3, 0.4) is 0 Å². The molecule has 110 valence electrons. The fraction of sp³-hybridized carbons (Fsp3) is 0.846. The molecule has 3 unspecified atom stereocenters. The molecule has 0 aromatic rings. The number of nitrogens with one attached hydrogen (secondary N) is 1. The summed E-state index contributed by atoms with van der Waals surface area (Å²) in [6, 6.07) is -1.49. The quantitative estimate of drug-likeness (QED) is 0.783. The second-order valence-corrected chi connectivity index (χ2v) is 5.43. The van der Waals surface area contributed by atoms with Gasteiger partial charge in [0.2, 0.25) is 12.3 Å². The van der Waals surface area contributed by atoms with Crippen LogP contribution in [0.15, 0.2) is 0 Å². The summed E-state index contributed by atoms with van der Waals surface area (Å²) >= 11 is 0. The molecule has 1 fully saturated rings. The number of hydrogen-bond acceptors (Lipinski definition) is 2. The maximum absolute atomic E-state index is 12.2. The van der Waals surface area contributed by atoms with Crippen LogP contribution in [-0.2, 0) is 9.59 Å². The molecule has 2 N–H and O–H groups in total. The molecule has 1 saturated carbocycles. The van der Waals surface area contributed by atoms with Crippen LogP contribution in [0.25, 0.3) is 0 Å². The zero-order valence-corrected chi connectivity index (χ0v) is 11.1. The van der Waals surface area contributed by atoms with Gasteiger partial charge < -0.3 is 10.4 Å². The molecule has 0 aliphatic heterocycles. The van der Waals surface area contributed by atoms with Gasteiger partial charge in [-0.1, -0.05) is 19.8 Å². The zero-order valence-electron chi connectivity index (χ0n) is 11.1. The number of carboxylic acid groups (broad SMARTS) is 1. The Hall–Kier alpha value is -1.20. The van der Waals surface area contributed by atoms with Crippen LogP contribution >= 0.6 is 0 Å². The van der Waals surface area contributed by atoms with Crippen LogP contribution in [-0.4, -0.2) is 29.5 Å². The van der Waals surface area contributed by atoms with Gasteiger partial charge in [-0.15, -0.1) is 0 Å². The lowest BCUT2D eigenvalue weighted by atomic mass is 9.81. The van der Waals surface area contributed by atoms with Crippen molar-refractivity contribution in [3.8, 4) is 0 Å². The van der Waals surface area contributed by atoms with E-state index in [1.54, 1.807) is 0 Å². The molecule has 19 heavy (non-hydrogen) atoms. The smallest absolute Gasteiger partial charge is 0.326 e. The topological polar surface area (TPSA) is 66.4 Å². The minimum atomic E-state index is -2.74. The summed E-state index contributed by atoms with van der Waals surface area (Å²) in [5, 5.41) is 11.0. The maximum atomic E-state index is 12.2. The van der Waals surface area contributed by atoms with Gasteiger partial charge in [-0.3, -0.25) is 4.79 Å². The summed E-state index contributed by atoms with van der Waals surface area (Å²) in [7, 11) is 0. The molecular formula is C13H21F2NO3. The van der Waals surface area contributed by atoms with Crippen molar-refractivity contribution >= 4 is 11.9 Å². The Kier molecular flexibility index (Phi) is 6.18. The van der Waals surface area contributed by atoms with Crippen molar-refractivity contribution in [1.29, 1.82) is 0 Å². The minimum Gasteiger partial charge on any atom is -0.480 e. The lowest BCUT2D eigenvalue weighted by Crippen LogP contribution is -2.42. The highest BCUT2D eigenvalue weighted by Crippen LogP contribution is 2.30. The number of hydrogen-bond donors (Lipinski definition) is 2. The first kappa shape index (κ1) is 15.9. The van der Waals surface area contributed by atoms with Crippen LogP contribution < -0.4 is 5.32 Å². The average molecular weight is 277 g/mol. The van der Waals surface area contributed by atoms with Crippen LogP contribution in [0.4, 0.5) is 8.78 Å². The second-order valence-electron chi connectivity index (χ2n) is 5.43. The Bertz CT molecular complexity index is 323. The lowest BCUT2D eigenvalue weighted by molar-refractivity contribution is -0.143. The highest BCUT2D eigenvalue weighted by Gasteiger charge is 2.26. The normalized spacial score (nSPS) is 25.1. The van der Waals surface area contributed by atoms with E-state index in [4.69, 9.17) is 5.11 Å². The molecule has 3 atom stereocenters. The molecular weight excluding hydrogens is 256 g/mol. The van der Waals surface area contributed by atoms with Gasteiger partial charge in [-0.25, -0.2) is 13.6 Å². The first-order valence-corrected chi connectivity index (χ1v) is 6.68. The largest absolute Gasteiger partial charge is 0.480 e. The number of carboxylic acids is 1. The van der Waals surface area contributed by atoms with Gasteiger partial charge in [-0.05, 0) is 24.7 Å². The van der Waals surface area contributed by atoms with Gasteiger partial charge in [0.25, 0.3) is 0 Å². The monoisotopic (exact) mass is 277 g/mol. The third-order valence-electron chi connectivity index (χ3n) is 3.57. The molecule has 0 saturated heterocycles. The first-order chi connectivity index (χ1) is 8.88. The summed E-state index contributed by atoms with van der Waals surface area (Å²) in [6.07, 6.45) is 0.764. The third-order valence-corrected chi connectivity index (χ3v) is 3.57. The standard InChI is InChI=1S/C13H21F2NO3/c1-8-3-2-4-9(5-8)6-12(17)16-10(13(18)19)7-11(14)15/h8-11H,2-7H2,1H3,(H,16,17)(H,18,19). The summed E-state index contributed by atoms with van der Waals surface area (Å²) < 4.78 is 24.4. The fourth-order valence-corrected chi connectivity index (χ4v) is 2.66. The van der Waals surface area contributed by atoms with E-state index in [0.29, 0.717) is 5.92 Å². The highest BCUT2D eigenvalue weighted by atomic mass is 19.3. The van der Waals surface area contributed by atoms with Gasteiger partial charge in [-0.2, -0.15) is 0 Å². The maximum Gasteiger partial charge on any atom is 0.326 e. The number of aliphatic carboxylic acids is 1. The van der Waals surface area contributed by atoms with E-state index in [9.17, 15) is 18.4 Å². The molecule has 0 aromatic carbocycles. The Balaban J connectivity index is 2.41. The Morgan fingerprint density at radius 2 is 2.05 bits per heavy atom. The number of alkyl halides is 2. The van der Waals surface area contributed by atoms with Crippen molar-refractivity contribution in [3.63, 3.8) is 0 Å². The molecule has 4 nitrogen and oxygen atoms in total. The van der Waals surface area contributed by atoms with Crippen LogP contribution in [0.5, 0.6) is 0 Å². The molecule has 1 aliphatic rings. The molecule has 6 heteroatoms. The van der Waals surface area contributed by atoms with Gasteiger partial charge in [0.15, 0.2) is 0 Å². The summed E-state index contributed by atoms with van der Waals surface area (Å²) in [4.78, 5) is 22.5. The number of carbonyl (C=O) groups excluding carboxylic acids is 1. The summed E-state index contributed by atoms with van der Waals surface area (Å²) in [6.45, 7) is 2.13. The molecule has 1 amide bonds. The predicted octanol–water partition coefficient (Wildman–Crippen LogP) is 2.43. The van der Waals surface area contributed by atoms with Crippen molar-refractivity contribution in [2.75, 3.05) is 0 Å². The molecule has 0 aromatic heterocycles. The number of amides is 1. The van der Waals surface area contributed by atoms with Crippen molar-refractivity contribution in [1.82, 2.24) is 5.32 Å². The van der Waals surface area contributed by atoms with E-state index in [1.807, 2.05) is 0 Å². The predicted molar refractivity (Wildman–Crippen MR) is 65.9 cm³/mol. The van der Waals surface area contributed by atoms with E-state index in [1.165, 1.54) is 0 Å². The molecule has 0 heterocycles. The van der Waals surface area contributed by atoms with Gasteiger partial charge >= 0.3 is 5.97 Å². The van der Waals surface area contributed by atoms with Gasteiger partial charge in [0.1, 0.15) is 6.04 Å². The van der Waals surface area contributed by atoms with E-state index in [2.05, 4.69) is 12.2 Å². The number of carbonyl (C=O) groups is 2. The lowest BCUT2D eigenvalue weighted by Gasteiger charge is -2.26. The Labute approximate surface area is 111 Å². The minimum absolute atomic E-state index is 0.233. The van der Waals surface area contributed by atoms with E-state index in [-0.39, 0.29) is 12.3 Å². The SMILES string of the molecule is CC1CCCC(CC(=O)NC(CC(F)F)C(=O)O)C1. The van der Waals surface area contributed by atoms with E-state index >= 15 is 0 Å². The molecule has 1 aliphatic carbocycles. The fourth-order valence-electron chi connectivity index (χ4n) is 2.66. The highest BCUT2D eigenvalue weighted by molar-refractivity contribution is 5.83. The van der Waals surface area contributed by atoms with Crippen LogP contribution in [0.1, 0.15) is 45.4 Å². The summed E-state index contributed by atoms with van der Waals surface area (Å²) in [5.74, 6) is -1.04. The van der Waals surface area contributed by atoms with Crippen molar-refractivity contribution in [2.45, 2.75) is 57.9 Å². The number of halogens is 2. The van der Waals surface area contributed by atoms with Gasteiger partial charge in [0.05, 0.1) is 0 Å². The van der Waals surface area contributed by atoms with Gasteiger partial charge in [0, 0.05) is 12.8 Å². The zero-order chi connectivity index (χ0) is 14.4. The Morgan fingerprint density at radius 3 is 2.58 bits per heavy atom.